The second kappa shape index (κ2) is 6.44. The number of nitrogens with zero attached hydrogens (tertiary/aromatic N) is 1. The number of rotatable bonds is 2. The fraction of sp³-hybridized carbons (Fsp3) is 0.250. The molecule has 1 heterocycles. The van der Waals surface area contributed by atoms with Crippen LogP contribution in [0, 0.1) is 20.8 Å². The van der Waals surface area contributed by atoms with Crippen LogP contribution in [0.25, 0.3) is 6.08 Å². The normalized spacial score (nSPS) is 19.3. The van der Waals surface area contributed by atoms with Crippen molar-refractivity contribution in [2.75, 3.05) is 0 Å². The average molecular weight is 384 g/mol. The maximum atomic E-state index is 12.9. The number of aromatic nitrogens is 1. The molecule has 1 aliphatic rings. The summed E-state index contributed by atoms with van der Waals surface area (Å²) in [5.41, 5.74) is 5.22. The molecule has 0 saturated heterocycles. The van der Waals surface area contributed by atoms with E-state index in [1.807, 2.05) is 45.0 Å². The second-order valence-electron chi connectivity index (χ2n) is 6.32. The van der Waals surface area contributed by atoms with Crippen molar-refractivity contribution in [2.24, 2.45) is 0 Å². The number of benzene rings is 1. The van der Waals surface area contributed by atoms with Gasteiger partial charge in [0.05, 0.1) is 5.69 Å². The lowest BCUT2D eigenvalue weighted by Gasteiger charge is -2.15. The predicted octanol–water partition coefficient (Wildman–Crippen LogP) is 4.48. The Morgan fingerprint density at radius 1 is 1.12 bits per heavy atom. The van der Waals surface area contributed by atoms with E-state index in [1.54, 1.807) is 12.3 Å². The molecular weight excluding hydrogens is 366 g/mol. The number of ketones is 2. The maximum Gasteiger partial charge on any atom is 0.174 e. The zero-order valence-electron chi connectivity index (χ0n) is 13.9. The molecule has 1 aromatic carbocycles. The second-order valence-corrected chi connectivity index (χ2v) is 7.24. The van der Waals surface area contributed by atoms with Crippen LogP contribution in [0.3, 0.4) is 0 Å². The number of Topliss-reactive ketones (excluding diaryl/α,β-unsaturated/α-hetero) is 2. The van der Waals surface area contributed by atoms with Gasteiger partial charge in [0.1, 0.15) is 5.92 Å². The predicted molar refractivity (Wildman–Crippen MR) is 97.9 cm³/mol. The molecule has 0 bridgehead atoms. The van der Waals surface area contributed by atoms with Crippen molar-refractivity contribution in [3.05, 3.63) is 68.5 Å². The summed E-state index contributed by atoms with van der Waals surface area (Å²) in [5, 5.41) is 0. The van der Waals surface area contributed by atoms with Gasteiger partial charge in [-0.05, 0) is 55.7 Å². The number of hydrogen-bond donors (Lipinski definition) is 0. The van der Waals surface area contributed by atoms with Crippen molar-refractivity contribution in [1.29, 1.82) is 0 Å². The van der Waals surface area contributed by atoms with Gasteiger partial charge in [0.2, 0.25) is 0 Å². The van der Waals surface area contributed by atoms with Crippen LogP contribution in [0.5, 0.6) is 0 Å². The molecule has 1 aliphatic carbocycles. The molecule has 0 radical (unpaired) electrons. The first-order chi connectivity index (χ1) is 11.4. The first-order valence-corrected chi connectivity index (χ1v) is 8.63. The van der Waals surface area contributed by atoms with Gasteiger partial charge in [-0.15, -0.1) is 0 Å². The lowest BCUT2D eigenvalue weighted by atomic mass is 9.87. The summed E-state index contributed by atoms with van der Waals surface area (Å²) in [7, 11) is 0. The first kappa shape index (κ1) is 16.8. The summed E-state index contributed by atoms with van der Waals surface area (Å²) in [6.45, 7) is 5.95. The van der Waals surface area contributed by atoms with Crippen molar-refractivity contribution in [3.8, 4) is 0 Å². The smallest absolute Gasteiger partial charge is 0.174 e. The number of aryl methyl sites for hydroxylation is 3. The first-order valence-electron chi connectivity index (χ1n) is 7.83. The fourth-order valence-corrected chi connectivity index (χ4v) is 3.80. The number of halogens is 1. The van der Waals surface area contributed by atoms with E-state index in [1.165, 1.54) is 0 Å². The third kappa shape index (κ3) is 3.11. The van der Waals surface area contributed by atoms with Gasteiger partial charge < -0.3 is 0 Å². The zero-order valence-corrected chi connectivity index (χ0v) is 15.5. The molecular formula is C20H18BrNO2. The van der Waals surface area contributed by atoms with Crippen LogP contribution >= 0.6 is 15.9 Å². The largest absolute Gasteiger partial charge is 0.298 e. The maximum absolute atomic E-state index is 12.9. The molecule has 1 saturated carbocycles. The minimum atomic E-state index is -0.677. The number of carbonyl (C=O) groups is 2. The van der Waals surface area contributed by atoms with E-state index in [0.29, 0.717) is 11.3 Å². The SMILES string of the molecule is Cc1cc(C)c(C2C(=O)C/C(=C\c3cc(Br)ccn3)C2=O)c(C)c1. The van der Waals surface area contributed by atoms with E-state index in [0.717, 1.165) is 26.7 Å². The van der Waals surface area contributed by atoms with Crippen LogP contribution in [-0.2, 0) is 9.59 Å². The molecule has 0 N–H and O–H groups in total. The fourth-order valence-electron chi connectivity index (χ4n) is 3.45. The Kier molecular flexibility index (Phi) is 4.50. The van der Waals surface area contributed by atoms with E-state index in [4.69, 9.17) is 0 Å². The van der Waals surface area contributed by atoms with Gasteiger partial charge in [0.15, 0.2) is 11.6 Å². The summed E-state index contributed by atoms with van der Waals surface area (Å²) in [4.78, 5) is 29.7. The third-order valence-corrected chi connectivity index (χ3v) is 4.85. The Bertz CT molecular complexity index is 860. The minimum absolute atomic E-state index is 0.0312. The highest BCUT2D eigenvalue weighted by atomic mass is 79.9. The molecule has 3 nitrogen and oxygen atoms in total. The van der Waals surface area contributed by atoms with Crippen LogP contribution in [0.1, 0.15) is 40.3 Å². The van der Waals surface area contributed by atoms with E-state index in [-0.39, 0.29) is 18.0 Å². The Balaban J connectivity index is 2.02. The molecule has 0 spiro atoms. The van der Waals surface area contributed by atoms with E-state index < -0.39 is 5.92 Å². The average Bonchev–Trinajstić information content (AvgIpc) is 2.74. The highest BCUT2D eigenvalue weighted by Crippen LogP contribution is 2.36. The van der Waals surface area contributed by atoms with Crippen LogP contribution in [-0.4, -0.2) is 16.6 Å². The zero-order chi connectivity index (χ0) is 17.4. The van der Waals surface area contributed by atoms with Crippen LogP contribution in [0.4, 0.5) is 0 Å². The molecule has 3 rings (SSSR count). The number of allylic oxidation sites excluding steroid dienone is 1. The molecule has 24 heavy (non-hydrogen) atoms. The Hall–Kier alpha value is -2.07. The van der Waals surface area contributed by atoms with Crippen molar-refractivity contribution in [2.45, 2.75) is 33.1 Å². The third-order valence-electron chi connectivity index (χ3n) is 4.36. The summed E-state index contributed by atoms with van der Waals surface area (Å²) >= 11 is 3.39. The minimum Gasteiger partial charge on any atom is -0.298 e. The lowest BCUT2D eigenvalue weighted by Crippen LogP contribution is -2.15. The number of pyridine rings is 1. The van der Waals surface area contributed by atoms with Crippen molar-refractivity contribution < 1.29 is 9.59 Å². The van der Waals surface area contributed by atoms with Crippen molar-refractivity contribution in [3.63, 3.8) is 0 Å². The molecule has 2 aromatic rings. The summed E-state index contributed by atoms with van der Waals surface area (Å²) in [5.74, 6) is -0.808. The van der Waals surface area contributed by atoms with Gasteiger partial charge in [0, 0.05) is 22.7 Å². The van der Waals surface area contributed by atoms with Gasteiger partial charge in [-0.25, -0.2) is 0 Å². The molecule has 1 aromatic heterocycles. The summed E-state index contributed by atoms with van der Waals surface area (Å²) < 4.78 is 0.892. The quantitative estimate of drug-likeness (QED) is 0.567. The molecule has 0 amide bonds. The van der Waals surface area contributed by atoms with Crippen LogP contribution in [0.15, 0.2) is 40.5 Å². The van der Waals surface area contributed by atoms with Crippen molar-refractivity contribution >= 4 is 33.6 Å². The lowest BCUT2D eigenvalue weighted by molar-refractivity contribution is -0.123. The van der Waals surface area contributed by atoms with Crippen molar-refractivity contribution in [1.82, 2.24) is 4.98 Å². The van der Waals surface area contributed by atoms with E-state index in [9.17, 15) is 9.59 Å². The molecule has 1 atom stereocenters. The standard InChI is InChI=1S/C20H18BrNO2/c1-11-6-12(2)18(13(3)7-11)19-17(23)9-14(20(19)24)8-16-10-15(21)4-5-22-16/h4-8,10,19H,9H2,1-3H3/b14-8+. The Morgan fingerprint density at radius 3 is 2.42 bits per heavy atom. The number of hydrogen-bond acceptors (Lipinski definition) is 3. The Labute approximate surface area is 149 Å². The van der Waals surface area contributed by atoms with Crippen LogP contribution in [0.2, 0.25) is 0 Å². The van der Waals surface area contributed by atoms with E-state index >= 15 is 0 Å². The molecule has 1 fully saturated rings. The molecule has 0 aliphatic heterocycles. The Morgan fingerprint density at radius 2 is 1.79 bits per heavy atom. The van der Waals surface area contributed by atoms with Gasteiger partial charge in [-0.1, -0.05) is 33.6 Å². The summed E-state index contributed by atoms with van der Waals surface area (Å²) in [6.07, 6.45) is 3.57. The van der Waals surface area contributed by atoms with Gasteiger partial charge in [-0.3, -0.25) is 14.6 Å². The van der Waals surface area contributed by atoms with Gasteiger partial charge in [0.25, 0.3) is 0 Å². The molecule has 4 heteroatoms. The summed E-state index contributed by atoms with van der Waals surface area (Å²) in [6, 6.07) is 7.72. The highest BCUT2D eigenvalue weighted by Gasteiger charge is 2.39. The molecule has 122 valence electrons. The molecule has 1 unspecified atom stereocenters. The van der Waals surface area contributed by atoms with Gasteiger partial charge >= 0.3 is 0 Å². The topological polar surface area (TPSA) is 47.0 Å². The highest BCUT2D eigenvalue weighted by molar-refractivity contribution is 9.10. The number of carbonyl (C=O) groups excluding carboxylic acids is 2. The van der Waals surface area contributed by atoms with E-state index in [2.05, 4.69) is 20.9 Å². The monoisotopic (exact) mass is 383 g/mol. The van der Waals surface area contributed by atoms with Gasteiger partial charge in [-0.2, -0.15) is 0 Å². The van der Waals surface area contributed by atoms with Crippen LogP contribution < -0.4 is 0 Å².